The third-order valence-electron chi connectivity index (χ3n) is 1.71. The van der Waals surface area contributed by atoms with Crippen LogP contribution >= 0.6 is 0 Å². The summed E-state index contributed by atoms with van der Waals surface area (Å²) < 4.78 is 28.8. The number of nitrogens with two attached hydrogens (primary N) is 1. The van der Waals surface area contributed by atoms with Gasteiger partial charge in [-0.3, -0.25) is 9.35 Å². The molecule has 0 spiro atoms. The molecule has 6 heteroatoms. The summed E-state index contributed by atoms with van der Waals surface area (Å²) in [6.07, 6.45) is 5.88. The van der Waals surface area contributed by atoms with Crippen molar-refractivity contribution >= 4 is 16.0 Å². The Balaban J connectivity index is 0. The molecule has 0 saturated heterocycles. The Morgan fingerprint density at radius 2 is 1.75 bits per heavy atom. The van der Waals surface area contributed by atoms with E-state index >= 15 is 0 Å². The van der Waals surface area contributed by atoms with E-state index in [0.29, 0.717) is 6.42 Å². The summed E-state index contributed by atoms with van der Waals surface area (Å²) in [7, 11) is -3.71. The summed E-state index contributed by atoms with van der Waals surface area (Å²) in [5.41, 5.74) is 4.53. The lowest BCUT2D eigenvalue weighted by Gasteiger charge is -1.96. The number of hydrogen-bond acceptors (Lipinski definition) is 3. The molecule has 0 aliphatic carbocycles. The topological polar surface area (TPSA) is 97.5 Å². The molecule has 0 aliphatic heterocycles. The van der Waals surface area contributed by atoms with E-state index in [2.05, 4.69) is 19.2 Å². The first-order valence-corrected chi connectivity index (χ1v) is 6.81. The van der Waals surface area contributed by atoms with Crippen LogP contribution in [0.2, 0.25) is 0 Å². The highest BCUT2D eigenvalue weighted by atomic mass is 32.2. The number of primary amides is 1. The Hall–Kier alpha value is -0.880. The number of hydrogen-bond donors (Lipinski definition) is 2. The molecular weight excluding hydrogens is 230 g/mol. The van der Waals surface area contributed by atoms with Crippen molar-refractivity contribution in [3.8, 4) is 0 Å². The minimum absolute atomic E-state index is 0.0866. The van der Waals surface area contributed by atoms with Gasteiger partial charge in [0.2, 0.25) is 5.91 Å². The molecular formula is C10H21NO4S. The van der Waals surface area contributed by atoms with Gasteiger partial charge in [-0.05, 0) is 12.5 Å². The molecule has 16 heavy (non-hydrogen) atoms. The minimum atomic E-state index is -3.71. The van der Waals surface area contributed by atoms with Crippen molar-refractivity contribution in [1.82, 2.24) is 0 Å². The van der Waals surface area contributed by atoms with Gasteiger partial charge in [-0.25, -0.2) is 0 Å². The van der Waals surface area contributed by atoms with Crippen LogP contribution in [-0.2, 0) is 14.9 Å². The maximum Gasteiger partial charge on any atom is 0.264 e. The summed E-state index contributed by atoms with van der Waals surface area (Å²) in [6.45, 7) is 5.19. The maximum absolute atomic E-state index is 10.2. The van der Waals surface area contributed by atoms with Gasteiger partial charge in [0.25, 0.3) is 10.1 Å². The van der Waals surface area contributed by atoms with Crippen LogP contribution in [0.5, 0.6) is 0 Å². The summed E-state index contributed by atoms with van der Waals surface area (Å²) in [5.74, 6) is -0.568. The van der Waals surface area contributed by atoms with Gasteiger partial charge in [-0.15, -0.1) is 0 Å². The lowest BCUT2D eigenvalue weighted by molar-refractivity contribution is -0.113. The van der Waals surface area contributed by atoms with Crippen LogP contribution in [0.3, 0.4) is 0 Å². The zero-order chi connectivity index (χ0) is 13.0. The van der Waals surface area contributed by atoms with E-state index in [9.17, 15) is 13.2 Å². The fourth-order valence-electron chi connectivity index (χ4n) is 0.888. The van der Waals surface area contributed by atoms with Crippen molar-refractivity contribution < 1.29 is 17.8 Å². The van der Waals surface area contributed by atoms with Gasteiger partial charge in [0.05, 0.1) is 5.75 Å². The Bertz CT molecular complexity index is 285. The number of rotatable bonds is 7. The third kappa shape index (κ3) is 23.2. The minimum Gasteiger partial charge on any atom is -0.366 e. The van der Waals surface area contributed by atoms with Crippen LogP contribution in [0.15, 0.2) is 12.7 Å². The normalized spacial score (nSPS) is 10.1. The first-order chi connectivity index (χ1) is 7.33. The molecule has 0 unspecified atom stereocenters. The van der Waals surface area contributed by atoms with Gasteiger partial charge in [0, 0.05) is 0 Å². The first kappa shape index (κ1) is 17.5. The Kier molecular flexibility index (Phi) is 11.6. The molecule has 3 N–H and O–H groups in total. The highest BCUT2D eigenvalue weighted by Gasteiger charge is 2.02. The first-order valence-electron chi connectivity index (χ1n) is 5.20. The molecule has 5 nitrogen and oxygen atoms in total. The molecule has 0 fully saturated rings. The number of amides is 1. The molecule has 96 valence electrons. The van der Waals surface area contributed by atoms with E-state index in [1.165, 1.54) is 0 Å². The van der Waals surface area contributed by atoms with Crippen molar-refractivity contribution in [2.45, 2.75) is 39.0 Å². The molecule has 0 atom stereocenters. The molecule has 0 aromatic carbocycles. The molecule has 0 radical (unpaired) electrons. The Morgan fingerprint density at radius 3 is 2.06 bits per heavy atom. The van der Waals surface area contributed by atoms with Gasteiger partial charge < -0.3 is 5.73 Å². The van der Waals surface area contributed by atoms with Crippen LogP contribution in [0.25, 0.3) is 0 Å². The van der Waals surface area contributed by atoms with Gasteiger partial charge in [0.15, 0.2) is 0 Å². The fourth-order valence-corrected chi connectivity index (χ4v) is 1.46. The van der Waals surface area contributed by atoms with Gasteiger partial charge >= 0.3 is 0 Å². The van der Waals surface area contributed by atoms with E-state index in [-0.39, 0.29) is 5.75 Å². The van der Waals surface area contributed by atoms with Crippen molar-refractivity contribution in [2.75, 3.05) is 5.75 Å². The lowest BCUT2D eigenvalue weighted by atomic mass is 10.2. The van der Waals surface area contributed by atoms with Gasteiger partial charge in [0.1, 0.15) is 0 Å². The van der Waals surface area contributed by atoms with Crippen LogP contribution < -0.4 is 5.73 Å². The molecule has 0 aromatic rings. The maximum atomic E-state index is 10.2. The fraction of sp³-hybridized carbons (Fsp3) is 0.700. The zero-order valence-corrected chi connectivity index (χ0v) is 10.5. The predicted octanol–water partition coefficient (Wildman–Crippen LogP) is 1.50. The van der Waals surface area contributed by atoms with Crippen LogP contribution in [0.1, 0.15) is 39.0 Å². The van der Waals surface area contributed by atoms with E-state index in [1.54, 1.807) is 0 Å². The highest BCUT2D eigenvalue weighted by molar-refractivity contribution is 7.85. The molecule has 0 saturated carbocycles. The number of carbonyl (C=O) groups excluding carboxylic acids is 1. The van der Waals surface area contributed by atoms with E-state index in [0.717, 1.165) is 31.8 Å². The summed E-state index contributed by atoms with van der Waals surface area (Å²) >= 11 is 0. The molecule has 0 heterocycles. The van der Waals surface area contributed by atoms with E-state index < -0.39 is 16.0 Å². The standard InChI is InChI=1S/C7H16O3S.C3H5NO/c1-2-3-4-5-6-7-11(8,9)10;1-2-3(4)5/h2-7H2,1H3,(H,8,9,10);2H,1H2,(H2,4,5). The average molecular weight is 251 g/mol. The molecule has 0 aromatic heterocycles. The smallest absolute Gasteiger partial charge is 0.264 e. The van der Waals surface area contributed by atoms with Crippen molar-refractivity contribution in [2.24, 2.45) is 5.73 Å². The number of unbranched alkanes of at least 4 members (excludes halogenated alkanes) is 4. The summed E-state index contributed by atoms with van der Waals surface area (Å²) in [5, 5.41) is 0. The average Bonchev–Trinajstić information content (AvgIpc) is 2.17. The zero-order valence-electron chi connectivity index (χ0n) is 9.68. The predicted molar refractivity (Wildman–Crippen MR) is 64.6 cm³/mol. The summed E-state index contributed by atoms with van der Waals surface area (Å²) in [4.78, 5) is 9.47. The van der Waals surface area contributed by atoms with Crippen LogP contribution in [0, 0.1) is 0 Å². The third-order valence-corrected chi connectivity index (χ3v) is 2.51. The quantitative estimate of drug-likeness (QED) is 0.407. The molecule has 0 bridgehead atoms. The molecule has 0 aliphatic rings. The van der Waals surface area contributed by atoms with Crippen molar-refractivity contribution in [3.63, 3.8) is 0 Å². The lowest BCUT2D eigenvalue weighted by Crippen LogP contribution is -2.04. The van der Waals surface area contributed by atoms with Crippen LogP contribution in [-0.4, -0.2) is 24.6 Å². The molecule has 1 amide bonds. The second-order valence-electron chi connectivity index (χ2n) is 3.31. The van der Waals surface area contributed by atoms with Crippen molar-refractivity contribution in [1.29, 1.82) is 0 Å². The second kappa shape index (κ2) is 10.6. The van der Waals surface area contributed by atoms with Crippen LogP contribution in [0.4, 0.5) is 0 Å². The monoisotopic (exact) mass is 251 g/mol. The molecule has 0 rings (SSSR count). The largest absolute Gasteiger partial charge is 0.366 e. The Labute approximate surface area is 97.5 Å². The SMILES string of the molecule is C=CC(N)=O.CCCCCCCS(=O)(=O)O. The Morgan fingerprint density at radius 1 is 1.31 bits per heavy atom. The van der Waals surface area contributed by atoms with E-state index in [4.69, 9.17) is 4.55 Å². The van der Waals surface area contributed by atoms with Gasteiger partial charge in [-0.1, -0.05) is 39.2 Å². The van der Waals surface area contributed by atoms with E-state index in [1.807, 2.05) is 0 Å². The van der Waals surface area contributed by atoms with Crippen molar-refractivity contribution in [3.05, 3.63) is 12.7 Å². The second-order valence-corrected chi connectivity index (χ2v) is 4.88. The highest BCUT2D eigenvalue weighted by Crippen LogP contribution is 2.03. The summed E-state index contributed by atoms with van der Waals surface area (Å²) in [6, 6.07) is 0. The number of carbonyl (C=O) groups is 1. The van der Waals surface area contributed by atoms with Gasteiger partial charge in [-0.2, -0.15) is 8.42 Å².